The van der Waals surface area contributed by atoms with E-state index in [1.807, 2.05) is 13.8 Å². The molecular weight excluding hydrogens is 239 g/mol. The number of rotatable bonds is 6. The van der Waals surface area contributed by atoms with Crippen LogP contribution in [0.25, 0.3) is 0 Å². The van der Waals surface area contributed by atoms with Crippen molar-refractivity contribution in [3.8, 4) is 0 Å². The number of nitrogens with zero attached hydrogens (tertiary/aromatic N) is 1. The van der Waals surface area contributed by atoms with Crippen LogP contribution in [0.15, 0.2) is 18.2 Å². The number of hydrogen-bond acceptors (Lipinski definition) is 4. The first-order chi connectivity index (χ1) is 8.43. The maximum Gasteiger partial charge on any atom is 0.272 e. The molecule has 18 heavy (non-hydrogen) atoms. The Morgan fingerprint density at radius 3 is 2.61 bits per heavy atom. The second-order valence-electron chi connectivity index (χ2n) is 4.49. The van der Waals surface area contributed by atoms with E-state index < -0.39 is 10.7 Å². The normalized spacial score (nSPS) is 12.7. The fourth-order valence-corrected chi connectivity index (χ4v) is 1.60. The lowest BCUT2D eigenvalue weighted by molar-refractivity contribution is -0.385. The molecule has 1 aromatic carbocycles. The van der Waals surface area contributed by atoms with Crippen LogP contribution in [0.5, 0.6) is 0 Å². The number of nitrogens with one attached hydrogen (secondary N) is 1. The summed E-state index contributed by atoms with van der Waals surface area (Å²) in [6, 6.07) is 3.34. The van der Waals surface area contributed by atoms with E-state index in [9.17, 15) is 14.5 Å². The van der Waals surface area contributed by atoms with Gasteiger partial charge in [-0.05, 0) is 17.5 Å². The topological polar surface area (TPSA) is 75.4 Å². The highest BCUT2D eigenvalue weighted by molar-refractivity contribution is 5.35. The van der Waals surface area contributed by atoms with E-state index >= 15 is 0 Å². The van der Waals surface area contributed by atoms with Gasteiger partial charge in [-0.2, -0.15) is 0 Å². The third-order valence-corrected chi connectivity index (χ3v) is 2.72. The molecule has 0 heterocycles. The Morgan fingerprint density at radius 2 is 2.11 bits per heavy atom. The molecule has 1 aromatic rings. The van der Waals surface area contributed by atoms with Crippen LogP contribution in [0, 0.1) is 21.8 Å². The Hall–Kier alpha value is -1.53. The third kappa shape index (κ3) is 4.05. The largest absolute Gasteiger partial charge is 0.395 e. The van der Waals surface area contributed by atoms with Crippen molar-refractivity contribution in [2.45, 2.75) is 26.4 Å². The van der Waals surface area contributed by atoms with Gasteiger partial charge in [0.05, 0.1) is 17.6 Å². The molecule has 2 N–H and O–H groups in total. The van der Waals surface area contributed by atoms with Gasteiger partial charge in [0, 0.05) is 18.7 Å². The summed E-state index contributed by atoms with van der Waals surface area (Å²) in [5.41, 5.74) is 0.220. The van der Waals surface area contributed by atoms with Gasteiger partial charge >= 0.3 is 0 Å². The maximum absolute atomic E-state index is 13.2. The lowest BCUT2D eigenvalue weighted by Crippen LogP contribution is -2.36. The van der Waals surface area contributed by atoms with Gasteiger partial charge in [-0.3, -0.25) is 10.1 Å². The summed E-state index contributed by atoms with van der Waals surface area (Å²) in [5, 5.41) is 22.8. The standard InChI is InChI=1S/C12H17FN2O3/c1-8(2)12(7-16)14-6-9-3-10(13)5-11(4-9)15(17)18/h3-5,8,12,14,16H,6-7H2,1-2H3. The van der Waals surface area contributed by atoms with Crippen LogP contribution in [0.3, 0.4) is 0 Å². The average Bonchev–Trinajstić information content (AvgIpc) is 2.28. The highest BCUT2D eigenvalue weighted by Crippen LogP contribution is 2.16. The number of hydrogen-bond donors (Lipinski definition) is 2. The van der Waals surface area contributed by atoms with Gasteiger partial charge < -0.3 is 10.4 Å². The molecule has 1 unspecified atom stereocenters. The lowest BCUT2D eigenvalue weighted by atomic mass is 10.0. The zero-order valence-corrected chi connectivity index (χ0v) is 10.4. The van der Waals surface area contributed by atoms with Crippen LogP contribution < -0.4 is 5.32 Å². The van der Waals surface area contributed by atoms with Crippen molar-refractivity contribution in [2.75, 3.05) is 6.61 Å². The predicted octanol–water partition coefficient (Wildman–Crippen LogP) is 1.84. The number of aliphatic hydroxyl groups is 1. The molecule has 0 spiro atoms. The maximum atomic E-state index is 13.2. The number of halogens is 1. The van der Waals surface area contributed by atoms with Crippen molar-refractivity contribution in [3.63, 3.8) is 0 Å². The summed E-state index contributed by atoms with van der Waals surface area (Å²) < 4.78 is 13.2. The minimum Gasteiger partial charge on any atom is -0.395 e. The van der Waals surface area contributed by atoms with E-state index in [2.05, 4.69) is 5.32 Å². The van der Waals surface area contributed by atoms with Gasteiger partial charge in [0.2, 0.25) is 0 Å². The first kappa shape index (κ1) is 14.5. The fraction of sp³-hybridized carbons (Fsp3) is 0.500. The van der Waals surface area contributed by atoms with Gasteiger partial charge in [0.25, 0.3) is 5.69 Å². The molecule has 0 aliphatic heterocycles. The van der Waals surface area contributed by atoms with Crippen molar-refractivity contribution in [3.05, 3.63) is 39.7 Å². The zero-order valence-electron chi connectivity index (χ0n) is 10.4. The molecule has 1 rings (SSSR count). The van der Waals surface area contributed by atoms with E-state index in [0.717, 1.165) is 6.07 Å². The number of non-ortho nitro benzene ring substituents is 1. The SMILES string of the molecule is CC(C)C(CO)NCc1cc(F)cc([N+](=O)[O-])c1. The monoisotopic (exact) mass is 256 g/mol. The first-order valence-electron chi connectivity index (χ1n) is 5.72. The van der Waals surface area contributed by atoms with Gasteiger partial charge in [-0.15, -0.1) is 0 Å². The first-order valence-corrected chi connectivity index (χ1v) is 5.72. The summed E-state index contributed by atoms with van der Waals surface area (Å²) in [4.78, 5) is 9.96. The van der Waals surface area contributed by atoms with Gasteiger partial charge in [0.15, 0.2) is 0 Å². The molecule has 0 saturated heterocycles. The number of benzene rings is 1. The minimum atomic E-state index is -0.633. The molecule has 5 nitrogen and oxygen atoms in total. The van der Waals surface area contributed by atoms with Crippen molar-refractivity contribution < 1.29 is 14.4 Å². The van der Waals surface area contributed by atoms with Crippen molar-refractivity contribution in [2.24, 2.45) is 5.92 Å². The molecular formula is C12H17FN2O3. The highest BCUT2D eigenvalue weighted by Gasteiger charge is 2.13. The van der Waals surface area contributed by atoms with Gasteiger partial charge in [-0.1, -0.05) is 13.8 Å². The molecule has 100 valence electrons. The van der Waals surface area contributed by atoms with E-state index in [-0.39, 0.29) is 30.8 Å². The third-order valence-electron chi connectivity index (χ3n) is 2.72. The Labute approximate surface area is 105 Å². The molecule has 0 aromatic heterocycles. The van der Waals surface area contributed by atoms with Gasteiger partial charge in [0.1, 0.15) is 5.82 Å². The van der Waals surface area contributed by atoms with Crippen LogP contribution in [-0.4, -0.2) is 22.7 Å². The fourth-order valence-electron chi connectivity index (χ4n) is 1.60. The van der Waals surface area contributed by atoms with E-state index in [4.69, 9.17) is 5.11 Å². The summed E-state index contributed by atoms with van der Waals surface area (Å²) >= 11 is 0. The Morgan fingerprint density at radius 1 is 1.44 bits per heavy atom. The van der Waals surface area contributed by atoms with E-state index in [1.165, 1.54) is 12.1 Å². The van der Waals surface area contributed by atoms with E-state index in [0.29, 0.717) is 5.56 Å². The summed E-state index contributed by atoms with van der Waals surface area (Å²) in [6.07, 6.45) is 0. The van der Waals surface area contributed by atoms with E-state index in [1.54, 1.807) is 0 Å². The number of nitro benzene ring substituents is 1. The summed E-state index contributed by atoms with van der Waals surface area (Å²) in [6.45, 7) is 4.14. The predicted molar refractivity (Wildman–Crippen MR) is 65.6 cm³/mol. The molecule has 0 bridgehead atoms. The van der Waals surface area contributed by atoms with Crippen LogP contribution in [0.2, 0.25) is 0 Å². The smallest absolute Gasteiger partial charge is 0.272 e. The molecule has 0 radical (unpaired) electrons. The van der Waals surface area contributed by atoms with Crippen molar-refractivity contribution in [1.29, 1.82) is 0 Å². The summed E-state index contributed by atoms with van der Waals surface area (Å²) in [7, 11) is 0. The van der Waals surface area contributed by atoms with Crippen LogP contribution >= 0.6 is 0 Å². The molecule has 0 aliphatic carbocycles. The summed E-state index contributed by atoms with van der Waals surface area (Å²) in [5.74, 6) is -0.412. The quantitative estimate of drug-likeness (QED) is 0.601. The Balaban J connectivity index is 2.75. The molecule has 1 atom stereocenters. The second-order valence-corrected chi connectivity index (χ2v) is 4.49. The highest BCUT2D eigenvalue weighted by atomic mass is 19.1. The lowest BCUT2D eigenvalue weighted by Gasteiger charge is -2.19. The minimum absolute atomic E-state index is 0.0327. The van der Waals surface area contributed by atoms with Crippen LogP contribution in [0.4, 0.5) is 10.1 Å². The second kappa shape index (κ2) is 6.42. The zero-order chi connectivity index (χ0) is 13.7. The van der Waals surface area contributed by atoms with Crippen LogP contribution in [0.1, 0.15) is 19.4 Å². The van der Waals surface area contributed by atoms with Crippen LogP contribution in [-0.2, 0) is 6.54 Å². The molecule has 0 saturated carbocycles. The van der Waals surface area contributed by atoms with Gasteiger partial charge in [-0.25, -0.2) is 4.39 Å². The number of aliphatic hydroxyl groups excluding tert-OH is 1. The molecule has 0 aliphatic rings. The molecule has 0 fully saturated rings. The average molecular weight is 256 g/mol. The Bertz CT molecular complexity index is 424. The molecule has 0 amide bonds. The Kier molecular flexibility index (Phi) is 5.18. The number of nitro groups is 1. The molecule has 6 heteroatoms. The van der Waals surface area contributed by atoms with Crippen molar-refractivity contribution >= 4 is 5.69 Å². The van der Waals surface area contributed by atoms with Crippen molar-refractivity contribution in [1.82, 2.24) is 5.32 Å².